The van der Waals surface area contributed by atoms with Gasteiger partial charge in [0.15, 0.2) is 0 Å². The van der Waals surface area contributed by atoms with Gasteiger partial charge in [0.1, 0.15) is 22.6 Å². The van der Waals surface area contributed by atoms with Crippen LogP contribution >= 0.6 is 0 Å². The molecule has 150 valence electrons. The highest BCUT2D eigenvalue weighted by Gasteiger charge is 2.15. The number of rotatable bonds is 4. The van der Waals surface area contributed by atoms with E-state index in [9.17, 15) is 21.8 Å². The molecule has 4 nitrogen and oxygen atoms in total. The zero-order chi connectivity index (χ0) is 20.9. The summed E-state index contributed by atoms with van der Waals surface area (Å²) in [6.07, 6.45) is -0.550. The van der Waals surface area contributed by atoms with Crippen molar-refractivity contribution in [2.75, 3.05) is 0 Å². The second-order valence-electron chi connectivity index (χ2n) is 6.09. The van der Waals surface area contributed by atoms with Gasteiger partial charge in [-0.1, -0.05) is 29.8 Å². The molecule has 0 saturated heterocycles. The molecule has 1 unspecified atom stereocenters. The summed E-state index contributed by atoms with van der Waals surface area (Å²) < 4.78 is 58.5. The summed E-state index contributed by atoms with van der Waals surface area (Å²) in [7, 11) is -1.70. The molecule has 0 aliphatic carbocycles. The maximum absolute atomic E-state index is 14.3. The maximum Gasteiger partial charge on any atom is 0.386 e. The normalized spacial score (nSPS) is 12.2. The second-order valence-corrected chi connectivity index (χ2v) is 7.15. The molecule has 1 heterocycles. The number of imidazole rings is 1. The fourth-order valence-electron chi connectivity index (χ4n) is 2.49. The van der Waals surface area contributed by atoms with E-state index in [0.29, 0.717) is 17.9 Å². The van der Waals surface area contributed by atoms with Gasteiger partial charge in [0.05, 0.1) is 10.5 Å². The van der Waals surface area contributed by atoms with Crippen LogP contribution in [0.1, 0.15) is 18.1 Å². The standard InChI is InChI=1S/C17H16FN3OS.C2H3F3/c1-12-3-2-4-13(9-12)11-21-8-7-20-17(21)15-6-5-14(23(19)22)10-16(15)18;1-2(3,4)5/h2-10H,11,19H2,1H3;1H3. The molecule has 0 radical (unpaired) electrons. The predicted octanol–water partition coefficient (Wildman–Crippen LogP) is 4.60. The lowest BCUT2D eigenvalue weighted by Gasteiger charge is -2.10. The number of hydrogen-bond donors (Lipinski definition) is 1. The van der Waals surface area contributed by atoms with Crippen LogP contribution in [0, 0.1) is 12.7 Å². The Hall–Kier alpha value is -2.52. The third-order valence-electron chi connectivity index (χ3n) is 3.56. The molecule has 28 heavy (non-hydrogen) atoms. The number of nitrogens with zero attached hydrogens (tertiary/aromatic N) is 2. The summed E-state index contributed by atoms with van der Waals surface area (Å²) in [6, 6.07) is 12.4. The van der Waals surface area contributed by atoms with Crippen LogP contribution in [0.3, 0.4) is 0 Å². The van der Waals surface area contributed by atoms with Crippen LogP contribution in [0.5, 0.6) is 0 Å². The average Bonchev–Trinajstić information content (AvgIpc) is 3.01. The highest BCUT2D eigenvalue weighted by Crippen LogP contribution is 2.24. The van der Waals surface area contributed by atoms with E-state index in [2.05, 4.69) is 11.1 Å². The minimum atomic E-state index is -4.00. The molecule has 3 aromatic rings. The summed E-state index contributed by atoms with van der Waals surface area (Å²) in [5, 5.41) is 5.28. The Morgan fingerprint density at radius 1 is 1.18 bits per heavy atom. The first-order chi connectivity index (χ1) is 13.0. The Bertz CT molecular complexity index is 964. The van der Waals surface area contributed by atoms with Crippen molar-refractivity contribution in [2.45, 2.75) is 31.5 Å². The number of aryl methyl sites for hydroxylation is 1. The Kier molecular flexibility index (Phi) is 7.09. The molecule has 9 heteroatoms. The van der Waals surface area contributed by atoms with Crippen molar-refractivity contribution < 1.29 is 21.8 Å². The molecule has 0 saturated carbocycles. The number of hydrogen-bond acceptors (Lipinski definition) is 2. The molecule has 0 bridgehead atoms. The lowest BCUT2D eigenvalue weighted by Crippen LogP contribution is -2.05. The Labute approximate surface area is 162 Å². The van der Waals surface area contributed by atoms with E-state index in [1.54, 1.807) is 18.3 Å². The third kappa shape index (κ3) is 6.58. The van der Waals surface area contributed by atoms with Gasteiger partial charge in [0.2, 0.25) is 0 Å². The lowest BCUT2D eigenvalue weighted by molar-refractivity contribution is -0.110. The fraction of sp³-hybridized carbons (Fsp3) is 0.211. The molecule has 0 fully saturated rings. The Morgan fingerprint density at radius 2 is 1.86 bits per heavy atom. The molecule has 2 aromatic carbocycles. The smallest absolute Gasteiger partial charge is 0.326 e. The SMILES string of the molecule is CC(F)(F)F.Cc1cccc(Cn2ccnc2-c2ccc(S(N)=O)cc2F)c1. The van der Waals surface area contributed by atoms with Crippen LogP contribution in [0.2, 0.25) is 0 Å². The molecular formula is C19H19F4N3OS. The van der Waals surface area contributed by atoms with E-state index >= 15 is 0 Å². The van der Waals surface area contributed by atoms with Crippen molar-refractivity contribution in [1.82, 2.24) is 9.55 Å². The van der Waals surface area contributed by atoms with Gasteiger partial charge in [-0.2, -0.15) is 13.2 Å². The Morgan fingerprint density at radius 3 is 2.43 bits per heavy atom. The number of nitrogens with two attached hydrogens (primary N) is 1. The molecule has 0 aliphatic heterocycles. The van der Waals surface area contributed by atoms with Crippen molar-refractivity contribution >= 4 is 11.0 Å². The highest BCUT2D eigenvalue weighted by atomic mass is 32.2. The minimum absolute atomic E-state index is 0.188. The first-order valence-corrected chi connectivity index (χ1v) is 9.35. The minimum Gasteiger partial charge on any atom is -0.326 e. The van der Waals surface area contributed by atoms with E-state index in [1.807, 2.05) is 35.9 Å². The summed E-state index contributed by atoms with van der Waals surface area (Å²) in [6.45, 7) is 2.82. The van der Waals surface area contributed by atoms with Crippen LogP contribution < -0.4 is 5.14 Å². The van der Waals surface area contributed by atoms with Crippen LogP contribution in [0.25, 0.3) is 11.4 Å². The Balaban J connectivity index is 0.000000500. The van der Waals surface area contributed by atoms with Crippen molar-refractivity contribution in [3.05, 3.63) is 71.8 Å². The van der Waals surface area contributed by atoms with E-state index in [0.717, 1.165) is 5.56 Å². The van der Waals surface area contributed by atoms with Gasteiger partial charge in [-0.05, 0) is 30.7 Å². The predicted molar refractivity (Wildman–Crippen MR) is 100 cm³/mol. The fourth-order valence-corrected chi connectivity index (χ4v) is 2.91. The monoisotopic (exact) mass is 413 g/mol. The van der Waals surface area contributed by atoms with Crippen molar-refractivity contribution in [1.29, 1.82) is 0 Å². The van der Waals surface area contributed by atoms with Gasteiger partial charge in [0, 0.05) is 25.9 Å². The molecule has 1 atom stereocenters. The maximum atomic E-state index is 14.3. The molecule has 0 amide bonds. The molecule has 2 N–H and O–H groups in total. The molecule has 3 rings (SSSR count). The quantitative estimate of drug-likeness (QED) is 0.636. The summed E-state index contributed by atoms with van der Waals surface area (Å²) in [4.78, 5) is 4.51. The molecule has 1 aromatic heterocycles. The van der Waals surface area contributed by atoms with E-state index in [4.69, 9.17) is 5.14 Å². The summed E-state index contributed by atoms with van der Waals surface area (Å²) in [5.74, 6) is 0.0383. The molecular weight excluding hydrogens is 394 g/mol. The zero-order valence-electron chi connectivity index (χ0n) is 15.2. The topological polar surface area (TPSA) is 60.9 Å². The van der Waals surface area contributed by atoms with Crippen molar-refractivity contribution in [3.63, 3.8) is 0 Å². The first kappa shape index (κ1) is 21.8. The first-order valence-electron chi connectivity index (χ1n) is 8.14. The van der Waals surface area contributed by atoms with Gasteiger partial charge >= 0.3 is 6.18 Å². The van der Waals surface area contributed by atoms with E-state index in [1.165, 1.54) is 11.6 Å². The van der Waals surface area contributed by atoms with Crippen LogP contribution in [-0.2, 0) is 17.5 Å². The second kappa shape index (κ2) is 9.11. The van der Waals surface area contributed by atoms with E-state index in [-0.39, 0.29) is 11.8 Å². The zero-order valence-corrected chi connectivity index (χ0v) is 16.0. The van der Waals surface area contributed by atoms with Crippen LogP contribution in [0.15, 0.2) is 59.8 Å². The third-order valence-corrected chi connectivity index (χ3v) is 4.28. The van der Waals surface area contributed by atoms with E-state index < -0.39 is 23.0 Å². The highest BCUT2D eigenvalue weighted by molar-refractivity contribution is 7.82. The van der Waals surface area contributed by atoms with Gasteiger partial charge < -0.3 is 4.57 Å². The largest absolute Gasteiger partial charge is 0.386 e. The molecule has 0 spiro atoms. The summed E-state index contributed by atoms with van der Waals surface area (Å²) >= 11 is 0. The summed E-state index contributed by atoms with van der Waals surface area (Å²) in [5.41, 5.74) is 2.64. The van der Waals surface area contributed by atoms with Crippen LogP contribution in [0.4, 0.5) is 17.6 Å². The average molecular weight is 413 g/mol. The number of alkyl halides is 3. The molecule has 0 aliphatic rings. The van der Waals surface area contributed by atoms with Crippen molar-refractivity contribution in [3.8, 4) is 11.4 Å². The number of aromatic nitrogens is 2. The van der Waals surface area contributed by atoms with Gasteiger partial charge in [-0.25, -0.2) is 18.7 Å². The van der Waals surface area contributed by atoms with Crippen molar-refractivity contribution in [2.24, 2.45) is 5.14 Å². The van der Waals surface area contributed by atoms with Crippen LogP contribution in [-0.4, -0.2) is 19.9 Å². The van der Waals surface area contributed by atoms with Gasteiger partial charge in [-0.3, -0.25) is 0 Å². The number of halogens is 4. The van der Waals surface area contributed by atoms with Gasteiger partial charge in [-0.15, -0.1) is 0 Å². The lowest BCUT2D eigenvalue weighted by atomic mass is 10.1. The number of benzene rings is 2. The van der Waals surface area contributed by atoms with Gasteiger partial charge in [0.25, 0.3) is 0 Å².